The summed E-state index contributed by atoms with van der Waals surface area (Å²) in [6, 6.07) is 0.0287. The number of rotatable bonds is 7. The second kappa shape index (κ2) is 9.19. The second-order valence-electron chi connectivity index (χ2n) is 9.33. The van der Waals surface area contributed by atoms with Crippen molar-refractivity contribution >= 4 is 0 Å². The summed E-state index contributed by atoms with van der Waals surface area (Å²) >= 11 is 0. The Labute approximate surface area is 155 Å². The molecule has 3 saturated carbocycles. The predicted molar refractivity (Wildman–Crippen MR) is 103 cm³/mol. The van der Waals surface area contributed by atoms with Crippen molar-refractivity contribution in [3.63, 3.8) is 0 Å². The van der Waals surface area contributed by atoms with Gasteiger partial charge in [-0.2, -0.15) is 0 Å². The lowest BCUT2D eigenvalue weighted by atomic mass is 9.54. The van der Waals surface area contributed by atoms with Crippen LogP contribution in [0.15, 0.2) is 0 Å². The summed E-state index contributed by atoms with van der Waals surface area (Å²) < 4.78 is 0. The number of aliphatic hydroxyl groups excluding tert-OH is 2. The monoisotopic (exact) mass is 351 g/mol. The van der Waals surface area contributed by atoms with Crippen molar-refractivity contribution in [2.24, 2.45) is 29.6 Å². The quantitative estimate of drug-likeness (QED) is 0.593. The van der Waals surface area contributed by atoms with Gasteiger partial charge in [-0.3, -0.25) is 5.32 Å². The number of hydrogen-bond acceptors (Lipinski definition) is 3. The fraction of sp³-hybridized carbons (Fsp3) is 1.00. The van der Waals surface area contributed by atoms with Gasteiger partial charge in [-0.25, -0.2) is 0 Å². The average Bonchev–Trinajstić information content (AvgIpc) is 2.62. The average molecular weight is 352 g/mol. The van der Waals surface area contributed by atoms with Gasteiger partial charge in [0.2, 0.25) is 0 Å². The van der Waals surface area contributed by atoms with Crippen molar-refractivity contribution in [1.29, 1.82) is 0 Å². The van der Waals surface area contributed by atoms with Crippen LogP contribution in [0.3, 0.4) is 0 Å². The van der Waals surface area contributed by atoms with E-state index in [-0.39, 0.29) is 6.04 Å². The molecule has 0 aromatic carbocycles. The van der Waals surface area contributed by atoms with Gasteiger partial charge < -0.3 is 10.2 Å². The minimum Gasteiger partial charge on any atom is -0.392 e. The first-order chi connectivity index (χ1) is 12.1. The molecule has 3 fully saturated rings. The maximum atomic E-state index is 11.2. The van der Waals surface area contributed by atoms with Crippen molar-refractivity contribution < 1.29 is 10.2 Å². The molecule has 0 heterocycles. The lowest BCUT2D eigenvalue weighted by Gasteiger charge is -2.53. The van der Waals surface area contributed by atoms with Gasteiger partial charge in [0.1, 0.15) is 6.23 Å². The van der Waals surface area contributed by atoms with Gasteiger partial charge in [0.25, 0.3) is 0 Å². The lowest BCUT2D eigenvalue weighted by Crippen LogP contribution is -2.55. The fourth-order valence-corrected chi connectivity index (χ4v) is 6.46. The minimum absolute atomic E-state index is 0.0287. The zero-order valence-corrected chi connectivity index (χ0v) is 16.5. The Hall–Kier alpha value is -0.120. The topological polar surface area (TPSA) is 52.5 Å². The van der Waals surface area contributed by atoms with Crippen LogP contribution in [0.5, 0.6) is 0 Å². The number of nitrogens with one attached hydrogen (secondary N) is 1. The Morgan fingerprint density at radius 3 is 2.00 bits per heavy atom. The largest absolute Gasteiger partial charge is 0.392 e. The van der Waals surface area contributed by atoms with Crippen molar-refractivity contribution in [2.75, 3.05) is 0 Å². The zero-order chi connectivity index (χ0) is 17.8. The molecule has 0 aromatic heterocycles. The molecule has 0 bridgehead atoms. The molecule has 0 aliphatic heterocycles. The molecule has 3 nitrogen and oxygen atoms in total. The zero-order valence-electron chi connectivity index (χ0n) is 16.5. The van der Waals surface area contributed by atoms with E-state index in [4.69, 9.17) is 0 Å². The van der Waals surface area contributed by atoms with Gasteiger partial charge in [-0.05, 0) is 56.3 Å². The number of fused-ring (bicyclic) bond motifs is 2. The summed E-state index contributed by atoms with van der Waals surface area (Å²) in [5, 5.41) is 24.9. The van der Waals surface area contributed by atoms with Crippen LogP contribution in [0.2, 0.25) is 0 Å². The van der Waals surface area contributed by atoms with E-state index in [9.17, 15) is 10.2 Å². The van der Waals surface area contributed by atoms with Gasteiger partial charge in [0.05, 0.1) is 6.10 Å². The smallest absolute Gasteiger partial charge is 0.108 e. The molecule has 0 saturated heterocycles. The van der Waals surface area contributed by atoms with E-state index in [0.29, 0.717) is 17.8 Å². The summed E-state index contributed by atoms with van der Waals surface area (Å²) in [6.45, 7) is 4.06. The summed E-state index contributed by atoms with van der Waals surface area (Å²) in [4.78, 5) is 0. The molecule has 7 atom stereocenters. The lowest BCUT2D eigenvalue weighted by molar-refractivity contribution is -0.0922. The molecular weight excluding hydrogens is 310 g/mol. The van der Waals surface area contributed by atoms with E-state index in [1.165, 1.54) is 57.8 Å². The molecule has 3 aliphatic rings. The highest BCUT2D eigenvalue weighted by Crippen LogP contribution is 2.53. The third-order valence-electron chi connectivity index (χ3n) is 7.73. The first-order valence-corrected chi connectivity index (χ1v) is 11.2. The van der Waals surface area contributed by atoms with Gasteiger partial charge in [0, 0.05) is 12.0 Å². The second-order valence-corrected chi connectivity index (χ2v) is 9.33. The van der Waals surface area contributed by atoms with E-state index in [2.05, 4.69) is 12.2 Å². The van der Waals surface area contributed by atoms with Crippen LogP contribution >= 0.6 is 0 Å². The van der Waals surface area contributed by atoms with E-state index < -0.39 is 12.3 Å². The molecule has 3 aliphatic carbocycles. The van der Waals surface area contributed by atoms with Crippen LogP contribution in [0, 0.1) is 29.6 Å². The molecule has 3 heteroatoms. The third kappa shape index (κ3) is 4.59. The predicted octanol–water partition coefficient (Wildman–Crippen LogP) is 4.47. The highest BCUT2D eigenvalue weighted by molar-refractivity contribution is 4.97. The summed E-state index contributed by atoms with van der Waals surface area (Å²) in [5.41, 5.74) is 0. The Balaban J connectivity index is 1.72. The van der Waals surface area contributed by atoms with E-state index in [0.717, 1.165) is 31.1 Å². The normalized spacial score (nSPS) is 39.1. The van der Waals surface area contributed by atoms with Crippen molar-refractivity contribution in [3.8, 4) is 0 Å². The first-order valence-electron chi connectivity index (χ1n) is 11.2. The summed E-state index contributed by atoms with van der Waals surface area (Å²) in [6.07, 6.45) is 14.7. The molecule has 0 aromatic rings. The molecule has 0 spiro atoms. The standard InChI is InChI=1S/C22H41NO2/c1-3-4-13-20(15(2)24)23-22(25)21-18-11-7-5-9-16(18)14-17-10-6-8-12-19(17)21/h15-25H,3-14H2,1-2H3. The number of aliphatic hydroxyl groups is 2. The fourth-order valence-electron chi connectivity index (χ4n) is 6.46. The van der Waals surface area contributed by atoms with Crippen molar-refractivity contribution in [3.05, 3.63) is 0 Å². The molecule has 0 amide bonds. The summed E-state index contributed by atoms with van der Waals surface area (Å²) in [5.74, 6) is 3.51. The molecule has 0 radical (unpaired) electrons. The molecule has 25 heavy (non-hydrogen) atoms. The van der Waals surface area contributed by atoms with Crippen LogP contribution in [0.4, 0.5) is 0 Å². The van der Waals surface area contributed by atoms with Gasteiger partial charge in [-0.1, -0.05) is 58.3 Å². The van der Waals surface area contributed by atoms with Crippen LogP contribution in [0.1, 0.15) is 90.9 Å². The Morgan fingerprint density at radius 1 is 0.920 bits per heavy atom. The maximum Gasteiger partial charge on any atom is 0.108 e. The van der Waals surface area contributed by atoms with Gasteiger partial charge >= 0.3 is 0 Å². The molecule has 3 N–H and O–H groups in total. The third-order valence-corrected chi connectivity index (χ3v) is 7.73. The van der Waals surface area contributed by atoms with Crippen LogP contribution in [-0.2, 0) is 0 Å². The highest BCUT2D eigenvalue weighted by Gasteiger charge is 2.48. The highest BCUT2D eigenvalue weighted by atomic mass is 16.3. The number of unbranched alkanes of at least 4 members (excludes halogenated alkanes) is 1. The molecule has 3 rings (SSSR count). The molecule has 7 unspecified atom stereocenters. The molecular formula is C22H41NO2. The van der Waals surface area contributed by atoms with E-state index >= 15 is 0 Å². The van der Waals surface area contributed by atoms with Crippen LogP contribution < -0.4 is 5.32 Å². The maximum absolute atomic E-state index is 11.2. The van der Waals surface area contributed by atoms with E-state index in [1.807, 2.05) is 6.92 Å². The van der Waals surface area contributed by atoms with Crippen LogP contribution in [-0.4, -0.2) is 28.6 Å². The van der Waals surface area contributed by atoms with Gasteiger partial charge in [0.15, 0.2) is 0 Å². The minimum atomic E-state index is -0.437. The SMILES string of the molecule is CCCCC(NC(O)C1C2CCCCC2CC2CCCCC21)C(C)O. The van der Waals surface area contributed by atoms with Crippen molar-refractivity contribution in [2.45, 2.75) is 109 Å². The van der Waals surface area contributed by atoms with Crippen molar-refractivity contribution in [1.82, 2.24) is 5.32 Å². The van der Waals surface area contributed by atoms with E-state index in [1.54, 1.807) is 0 Å². The first kappa shape index (κ1) is 19.6. The Kier molecular flexibility index (Phi) is 7.22. The summed E-state index contributed by atoms with van der Waals surface area (Å²) in [7, 11) is 0. The Morgan fingerprint density at radius 2 is 1.48 bits per heavy atom. The Bertz CT molecular complexity index is 377. The van der Waals surface area contributed by atoms with Gasteiger partial charge in [-0.15, -0.1) is 0 Å². The van der Waals surface area contributed by atoms with Crippen LogP contribution in [0.25, 0.3) is 0 Å². The molecule has 146 valence electrons. The number of hydrogen-bond donors (Lipinski definition) is 3.